The molecule has 3 heteroatoms. The molecule has 1 N–H and O–H groups in total. The fourth-order valence-electron chi connectivity index (χ4n) is 4.59. The Kier molecular flexibility index (Phi) is 4.45. The Balaban J connectivity index is 1.61. The molecule has 1 aliphatic carbocycles. The van der Waals surface area contributed by atoms with Crippen LogP contribution in [0.25, 0.3) is 0 Å². The van der Waals surface area contributed by atoms with Gasteiger partial charge < -0.3 is 10.1 Å². The third-order valence-corrected chi connectivity index (χ3v) is 5.63. The highest BCUT2D eigenvalue weighted by atomic mass is 16.5. The maximum Gasteiger partial charge on any atom is 0.0858 e. The molecule has 2 aliphatic heterocycles. The largest absolute Gasteiger partial charge is 0.374 e. The van der Waals surface area contributed by atoms with Gasteiger partial charge in [-0.25, -0.2) is 0 Å². The van der Waals surface area contributed by atoms with Crippen LogP contribution in [0.3, 0.4) is 0 Å². The molecule has 2 saturated heterocycles. The van der Waals surface area contributed by atoms with Crippen LogP contribution >= 0.6 is 0 Å². The Bertz CT molecular complexity index is 296. The molecule has 5 unspecified atom stereocenters. The van der Waals surface area contributed by atoms with Gasteiger partial charge >= 0.3 is 0 Å². The van der Waals surface area contributed by atoms with Crippen molar-refractivity contribution in [1.82, 2.24) is 10.2 Å². The molecule has 110 valence electrons. The summed E-state index contributed by atoms with van der Waals surface area (Å²) in [6.45, 7) is 5.82. The third-order valence-electron chi connectivity index (χ3n) is 5.63. The van der Waals surface area contributed by atoms with Crippen molar-refractivity contribution in [3.05, 3.63) is 0 Å². The number of hydrogen-bond donors (Lipinski definition) is 1. The van der Waals surface area contributed by atoms with Crippen LogP contribution in [0.1, 0.15) is 45.4 Å². The second kappa shape index (κ2) is 6.11. The summed E-state index contributed by atoms with van der Waals surface area (Å²) in [6.07, 6.45) is 8.72. The van der Waals surface area contributed by atoms with Gasteiger partial charge in [-0.3, -0.25) is 4.90 Å². The van der Waals surface area contributed by atoms with Gasteiger partial charge in [-0.05, 0) is 51.1 Å². The van der Waals surface area contributed by atoms with Crippen LogP contribution < -0.4 is 5.32 Å². The first-order chi connectivity index (χ1) is 9.28. The van der Waals surface area contributed by atoms with Crippen LogP contribution in [0, 0.1) is 11.8 Å². The molecule has 3 aliphatic rings. The lowest BCUT2D eigenvalue weighted by Gasteiger charge is -2.43. The number of nitrogens with one attached hydrogen (secondary N) is 1. The van der Waals surface area contributed by atoms with E-state index in [4.69, 9.17) is 4.74 Å². The summed E-state index contributed by atoms with van der Waals surface area (Å²) >= 11 is 0. The molecule has 0 aromatic carbocycles. The predicted molar refractivity (Wildman–Crippen MR) is 78.3 cm³/mol. The van der Waals surface area contributed by atoms with Crippen LogP contribution in [0.4, 0.5) is 0 Å². The van der Waals surface area contributed by atoms with Crippen molar-refractivity contribution in [2.75, 3.05) is 26.7 Å². The Hall–Kier alpha value is -0.120. The van der Waals surface area contributed by atoms with E-state index in [0.29, 0.717) is 12.1 Å². The molecule has 2 heterocycles. The van der Waals surface area contributed by atoms with Gasteiger partial charge in [0.25, 0.3) is 0 Å². The summed E-state index contributed by atoms with van der Waals surface area (Å²) in [6, 6.07) is 1.28. The number of fused-ring (bicyclic) bond motifs is 1. The molecule has 0 radical (unpaired) electrons. The van der Waals surface area contributed by atoms with Crippen molar-refractivity contribution < 1.29 is 4.74 Å². The highest BCUT2D eigenvalue weighted by Crippen LogP contribution is 2.34. The Morgan fingerprint density at radius 3 is 2.89 bits per heavy atom. The first kappa shape index (κ1) is 13.8. The van der Waals surface area contributed by atoms with E-state index in [9.17, 15) is 0 Å². The highest BCUT2D eigenvalue weighted by molar-refractivity contribution is 4.93. The molecule has 0 aromatic rings. The van der Waals surface area contributed by atoms with Gasteiger partial charge in [0.1, 0.15) is 0 Å². The van der Waals surface area contributed by atoms with Gasteiger partial charge in [0.15, 0.2) is 0 Å². The van der Waals surface area contributed by atoms with Crippen molar-refractivity contribution >= 4 is 0 Å². The molecular weight excluding hydrogens is 236 g/mol. The number of hydrogen-bond acceptors (Lipinski definition) is 3. The summed E-state index contributed by atoms with van der Waals surface area (Å²) in [5.41, 5.74) is 0. The van der Waals surface area contributed by atoms with Gasteiger partial charge in [0.05, 0.1) is 12.7 Å². The van der Waals surface area contributed by atoms with Crippen molar-refractivity contribution in [1.29, 1.82) is 0 Å². The van der Waals surface area contributed by atoms with Crippen molar-refractivity contribution in [2.45, 2.75) is 63.6 Å². The molecule has 0 amide bonds. The minimum atomic E-state index is 0.412. The highest BCUT2D eigenvalue weighted by Gasteiger charge is 2.38. The van der Waals surface area contributed by atoms with E-state index in [0.717, 1.165) is 31.0 Å². The Morgan fingerprint density at radius 2 is 2.11 bits per heavy atom. The minimum absolute atomic E-state index is 0.412. The molecule has 19 heavy (non-hydrogen) atoms. The smallest absolute Gasteiger partial charge is 0.0858 e. The Labute approximate surface area is 118 Å². The van der Waals surface area contributed by atoms with E-state index in [2.05, 4.69) is 24.2 Å². The Morgan fingerprint density at radius 1 is 1.21 bits per heavy atom. The van der Waals surface area contributed by atoms with E-state index in [1.807, 2.05) is 0 Å². The van der Waals surface area contributed by atoms with E-state index < -0.39 is 0 Å². The lowest BCUT2D eigenvalue weighted by molar-refractivity contribution is -0.0758. The zero-order chi connectivity index (χ0) is 13.2. The molecule has 0 aromatic heterocycles. The van der Waals surface area contributed by atoms with Gasteiger partial charge in [-0.2, -0.15) is 0 Å². The number of nitrogens with zero attached hydrogens (tertiary/aromatic N) is 1. The summed E-state index contributed by atoms with van der Waals surface area (Å²) in [5.74, 6) is 1.72. The summed E-state index contributed by atoms with van der Waals surface area (Å²) in [7, 11) is 2.13. The quantitative estimate of drug-likeness (QED) is 0.848. The van der Waals surface area contributed by atoms with Crippen LogP contribution in [-0.4, -0.2) is 49.8 Å². The van der Waals surface area contributed by atoms with Gasteiger partial charge in [0.2, 0.25) is 0 Å². The average molecular weight is 266 g/mol. The van der Waals surface area contributed by atoms with Gasteiger partial charge in [0, 0.05) is 18.6 Å². The van der Waals surface area contributed by atoms with Crippen molar-refractivity contribution in [2.24, 2.45) is 11.8 Å². The zero-order valence-electron chi connectivity index (χ0n) is 12.6. The number of ether oxygens (including phenoxy) is 1. The SMILES string of the molecule is CNC(C1CCCC(C)C1)C1CN2CCCC2CO1. The number of morpholine rings is 1. The number of rotatable bonds is 3. The fraction of sp³-hybridized carbons (Fsp3) is 1.00. The average Bonchev–Trinajstić information content (AvgIpc) is 2.87. The maximum absolute atomic E-state index is 6.23. The predicted octanol–water partition coefficient (Wildman–Crippen LogP) is 2.26. The maximum atomic E-state index is 6.23. The first-order valence-corrected chi connectivity index (χ1v) is 8.31. The third kappa shape index (κ3) is 2.98. The van der Waals surface area contributed by atoms with Crippen LogP contribution in [0.2, 0.25) is 0 Å². The standard InChI is InChI=1S/C16H30N2O/c1-12-5-3-6-13(9-12)16(17-2)15-10-18-8-4-7-14(18)11-19-15/h12-17H,3-11H2,1-2H3. The summed E-state index contributed by atoms with van der Waals surface area (Å²) in [4.78, 5) is 2.67. The molecule has 3 nitrogen and oxygen atoms in total. The van der Waals surface area contributed by atoms with E-state index in [1.165, 1.54) is 45.1 Å². The molecule has 0 bridgehead atoms. The molecule has 1 saturated carbocycles. The molecular formula is C16H30N2O. The summed E-state index contributed by atoms with van der Waals surface area (Å²) < 4.78 is 6.23. The lowest BCUT2D eigenvalue weighted by Crippen LogP contribution is -2.56. The second-order valence-corrected chi connectivity index (χ2v) is 7.01. The van der Waals surface area contributed by atoms with Gasteiger partial charge in [-0.1, -0.05) is 19.8 Å². The van der Waals surface area contributed by atoms with Crippen LogP contribution in [0.5, 0.6) is 0 Å². The monoisotopic (exact) mass is 266 g/mol. The van der Waals surface area contributed by atoms with E-state index >= 15 is 0 Å². The lowest BCUT2D eigenvalue weighted by atomic mass is 9.77. The molecule has 5 atom stereocenters. The van der Waals surface area contributed by atoms with E-state index in [-0.39, 0.29) is 0 Å². The number of likely N-dealkylation sites (N-methyl/N-ethyl adjacent to an activating group) is 1. The fourth-order valence-corrected chi connectivity index (χ4v) is 4.59. The van der Waals surface area contributed by atoms with Crippen molar-refractivity contribution in [3.8, 4) is 0 Å². The molecule has 3 fully saturated rings. The minimum Gasteiger partial charge on any atom is -0.374 e. The summed E-state index contributed by atoms with van der Waals surface area (Å²) in [5, 5.41) is 3.59. The van der Waals surface area contributed by atoms with E-state index in [1.54, 1.807) is 0 Å². The first-order valence-electron chi connectivity index (χ1n) is 8.31. The molecule has 3 rings (SSSR count). The van der Waals surface area contributed by atoms with Crippen LogP contribution in [-0.2, 0) is 4.74 Å². The van der Waals surface area contributed by atoms with Crippen LogP contribution in [0.15, 0.2) is 0 Å². The molecule has 0 spiro atoms. The van der Waals surface area contributed by atoms with Gasteiger partial charge in [-0.15, -0.1) is 0 Å². The second-order valence-electron chi connectivity index (χ2n) is 7.01. The normalized spacial score (nSPS) is 42.0. The zero-order valence-corrected chi connectivity index (χ0v) is 12.6. The van der Waals surface area contributed by atoms with Crippen molar-refractivity contribution in [3.63, 3.8) is 0 Å². The topological polar surface area (TPSA) is 24.5 Å².